The summed E-state index contributed by atoms with van der Waals surface area (Å²) in [5, 5.41) is 2.74. The minimum absolute atomic E-state index is 0.0813. The summed E-state index contributed by atoms with van der Waals surface area (Å²) in [7, 11) is 0. The van der Waals surface area contributed by atoms with Gasteiger partial charge in [-0.25, -0.2) is 4.79 Å². The Morgan fingerprint density at radius 1 is 1.10 bits per heavy atom. The van der Waals surface area contributed by atoms with Gasteiger partial charge in [-0.05, 0) is 50.2 Å². The van der Waals surface area contributed by atoms with Gasteiger partial charge in [0, 0.05) is 5.69 Å². The van der Waals surface area contributed by atoms with Crippen LogP contribution < -0.4 is 5.32 Å². The minimum Gasteiger partial charge on any atom is -0.454 e. The number of aryl methyl sites for hydroxylation is 2. The average molecular weight is 396 g/mol. The second-order valence-electron chi connectivity index (χ2n) is 8.15. The lowest BCUT2D eigenvalue weighted by Gasteiger charge is -2.23. The zero-order chi connectivity index (χ0) is 20.9. The van der Waals surface area contributed by atoms with E-state index >= 15 is 0 Å². The molecular weight excluding hydrogens is 372 g/mol. The number of esters is 1. The van der Waals surface area contributed by atoms with Crippen molar-refractivity contribution in [1.29, 1.82) is 0 Å². The van der Waals surface area contributed by atoms with Crippen molar-refractivity contribution in [2.24, 2.45) is 23.7 Å². The van der Waals surface area contributed by atoms with Gasteiger partial charge in [-0.2, -0.15) is 0 Å². The molecule has 1 aliphatic heterocycles. The molecule has 29 heavy (non-hydrogen) atoms. The molecule has 1 saturated carbocycles. The Bertz CT molecular complexity index is 887. The first kappa shape index (κ1) is 19.4. The van der Waals surface area contributed by atoms with E-state index in [1.165, 1.54) is 6.92 Å². The van der Waals surface area contributed by atoms with Gasteiger partial charge in [-0.3, -0.25) is 19.3 Å². The molecule has 1 heterocycles. The molecule has 1 N–H and O–H groups in total. The predicted molar refractivity (Wildman–Crippen MR) is 105 cm³/mol. The number of rotatable bonds is 5. The SMILES string of the molecule is Cc1cccc(C)c1NC(=O)COC(=O)[C@H](C)N1C(=O)[C@H]2[C@H](C1=O)[C@H]1C=C[C@H]2C1. The highest BCUT2D eigenvalue weighted by atomic mass is 16.5. The summed E-state index contributed by atoms with van der Waals surface area (Å²) >= 11 is 0. The molecule has 7 heteroatoms. The first-order valence-electron chi connectivity index (χ1n) is 9.87. The smallest absolute Gasteiger partial charge is 0.329 e. The lowest BCUT2D eigenvalue weighted by atomic mass is 9.85. The first-order valence-corrected chi connectivity index (χ1v) is 9.87. The van der Waals surface area contributed by atoms with Crippen molar-refractivity contribution >= 4 is 29.4 Å². The molecule has 1 aromatic carbocycles. The lowest BCUT2D eigenvalue weighted by Crippen LogP contribution is -2.45. The highest BCUT2D eigenvalue weighted by Gasteiger charge is 2.60. The van der Waals surface area contributed by atoms with Crippen LogP contribution in [0.25, 0.3) is 0 Å². The normalized spacial score (nSPS) is 27.9. The number of hydrogen-bond acceptors (Lipinski definition) is 5. The number of amides is 3. The number of hydrogen-bond donors (Lipinski definition) is 1. The molecule has 0 aromatic heterocycles. The summed E-state index contributed by atoms with van der Waals surface area (Å²) in [6, 6.07) is 4.59. The number of imide groups is 1. The van der Waals surface area contributed by atoms with E-state index in [4.69, 9.17) is 4.74 Å². The molecule has 1 aromatic rings. The number of nitrogens with zero attached hydrogens (tertiary/aromatic N) is 1. The van der Waals surface area contributed by atoms with Gasteiger partial charge in [0.25, 0.3) is 5.91 Å². The molecule has 0 unspecified atom stereocenters. The third kappa shape index (κ3) is 3.14. The van der Waals surface area contributed by atoms with Crippen molar-refractivity contribution in [3.05, 3.63) is 41.5 Å². The van der Waals surface area contributed by atoms with Crippen molar-refractivity contribution in [1.82, 2.24) is 4.90 Å². The van der Waals surface area contributed by atoms with Gasteiger partial charge in [0.2, 0.25) is 11.8 Å². The Morgan fingerprint density at radius 2 is 1.66 bits per heavy atom. The Hall–Kier alpha value is -2.96. The average Bonchev–Trinajstić information content (AvgIpc) is 3.36. The van der Waals surface area contributed by atoms with E-state index in [0.717, 1.165) is 22.4 Å². The van der Waals surface area contributed by atoms with Crippen LogP contribution in [0.5, 0.6) is 0 Å². The first-order chi connectivity index (χ1) is 13.8. The Labute approximate surface area is 169 Å². The van der Waals surface area contributed by atoms with Crippen LogP contribution in [-0.4, -0.2) is 41.2 Å². The van der Waals surface area contributed by atoms with Crippen LogP contribution in [-0.2, 0) is 23.9 Å². The number of fused-ring (bicyclic) bond motifs is 5. The van der Waals surface area contributed by atoms with Gasteiger partial charge in [0.1, 0.15) is 6.04 Å². The maximum atomic E-state index is 12.8. The number of anilines is 1. The highest BCUT2D eigenvalue weighted by Crippen LogP contribution is 2.52. The van der Waals surface area contributed by atoms with Crippen LogP contribution in [0.15, 0.2) is 30.4 Å². The van der Waals surface area contributed by atoms with Gasteiger partial charge < -0.3 is 10.1 Å². The zero-order valence-corrected chi connectivity index (χ0v) is 16.7. The van der Waals surface area contributed by atoms with Gasteiger partial charge in [-0.1, -0.05) is 30.4 Å². The van der Waals surface area contributed by atoms with Gasteiger partial charge in [0.05, 0.1) is 11.8 Å². The van der Waals surface area contributed by atoms with E-state index in [2.05, 4.69) is 5.32 Å². The lowest BCUT2D eigenvalue weighted by molar-refractivity contribution is -0.159. The molecule has 3 amide bonds. The predicted octanol–water partition coefficient (Wildman–Crippen LogP) is 1.98. The van der Waals surface area contributed by atoms with E-state index in [1.54, 1.807) is 0 Å². The number of benzene rings is 1. The van der Waals surface area contributed by atoms with Crippen molar-refractivity contribution in [3.63, 3.8) is 0 Å². The van der Waals surface area contributed by atoms with Gasteiger partial charge >= 0.3 is 5.97 Å². The monoisotopic (exact) mass is 396 g/mol. The van der Waals surface area contributed by atoms with Crippen molar-refractivity contribution in [2.45, 2.75) is 33.2 Å². The number of likely N-dealkylation sites (tertiary alicyclic amines) is 1. The van der Waals surface area contributed by atoms with Gasteiger partial charge in [-0.15, -0.1) is 0 Å². The number of ether oxygens (including phenoxy) is 1. The number of para-hydroxylation sites is 1. The van der Waals surface area contributed by atoms with Crippen LogP contribution in [0.2, 0.25) is 0 Å². The highest BCUT2D eigenvalue weighted by molar-refractivity contribution is 6.09. The molecule has 0 radical (unpaired) electrons. The molecule has 2 bridgehead atoms. The van der Waals surface area contributed by atoms with Crippen molar-refractivity contribution in [3.8, 4) is 0 Å². The molecule has 4 rings (SSSR count). The molecule has 3 aliphatic rings. The van der Waals surface area contributed by atoms with Crippen molar-refractivity contribution in [2.75, 3.05) is 11.9 Å². The van der Waals surface area contributed by atoms with Gasteiger partial charge in [0.15, 0.2) is 6.61 Å². The van der Waals surface area contributed by atoms with Crippen LogP contribution in [0.3, 0.4) is 0 Å². The van der Waals surface area contributed by atoms with Crippen LogP contribution in [0, 0.1) is 37.5 Å². The van der Waals surface area contributed by atoms with E-state index < -0.39 is 24.5 Å². The maximum Gasteiger partial charge on any atom is 0.329 e. The molecule has 0 spiro atoms. The van der Waals surface area contributed by atoms with E-state index in [1.807, 2.05) is 44.2 Å². The Morgan fingerprint density at radius 3 is 2.21 bits per heavy atom. The zero-order valence-electron chi connectivity index (χ0n) is 16.7. The number of nitrogens with one attached hydrogen (secondary N) is 1. The summed E-state index contributed by atoms with van der Waals surface area (Å²) in [6.45, 7) is 4.74. The maximum absolute atomic E-state index is 12.8. The molecule has 1 saturated heterocycles. The topological polar surface area (TPSA) is 92.8 Å². The molecule has 5 atom stereocenters. The fraction of sp³-hybridized carbons (Fsp3) is 0.455. The summed E-state index contributed by atoms with van der Waals surface area (Å²) < 4.78 is 5.11. The summed E-state index contributed by atoms with van der Waals surface area (Å²) in [5.41, 5.74) is 2.49. The second kappa shape index (κ2) is 7.13. The van der Waals surface area contributed by atoms with E-state index in [0.29, 0.717) is 5.69 Å². The summed E-state index contributed by atoms with van der Waals surface area (Å²) in [4.78, 5) is 51.2. The van der Waals surface area contributed by atoms with Crippen LogP contribution >= 0.6 is 0 Å². The molecule has 7 nitrogen and oxygen atoms in total. The van der Waals surface area contributed by atoms with E-state index in [9.17, 15) is 19.2 Å². The molecular formula is C22H24N2O5. The molecule has 2 aliphatic carbocycles. The number of carbonyl (C=O) groups is 4. The second-order valence-corrected chi connectivity index (χ2v) is 8.15. The Balaban J connectivity index is 1.36. The third-order valence-electron chi connectivity index (χ3n) is 6.32. The number of carbonyl (C=O) groups excluding carboxylic acids is 4. The third-order valence-corrected chi connectivity index (χ3v) is 6.32. The fourth-order valence-corrected chi connectivity index (χ4v) is 4.86. The molecule has 152 valence electrons. The standard InChI is InChI=1S/C22H24N2O5/c1-11-5-4-6-12(2)19(11)23-16(25)10-29-22(28)13(3)24-20(26)17-14-7-8-15(9-14)18(17)21(24)27/h4-8,13-15,17-18H,9-10H2,1-3H3,(H,23,25)/t13-,14-,15-,17+,18+/m0/s1. The molecule has 2 fully saturated rings. The quantitative estimate of drug-likeness (QED) is 0.467. The Kier molecular flexibility index (Phi) is 4.76. The van der Waals surface area contributed by atoms with Crippen molar-refractivity contribution < 1.29 is 23.9 Å². The minimum atomic E-state index is -1.05. The summed E-state index contributed by atoms with van der Waals surface area (Å²) in [6.07, 6.45) is 4.83. The number of allylic oxidation sites excluding steroid dienone is 2. The fourth-order valence-electron chi connectivity index (χ4n) is 4.86. The van der Waals surface area contributed by atoms with Crippen LogP contribution in [0.4, 0.5) is 5.69 Å². The summed E-state index contributed by atoms with van der Waals surface area (Å²) in [5.74, 6) is -2.40. The van der Waals surface area contributed by atoms with Crippen LogP contribution in [0.1, 0.15) is 24.5 Å². The van der Waals surface area contributed by atoms with E-state index in [-0.39, 0.29) is 35.5 Å². The largest absolute Gasteiger partial charge is 0.454 e.